The number of hydrogen-bond acceptors (Lipinski definition) is 4. The molecule has 4 nitrogen and oxygen atoms in total. The number of ether oxygens (including phenoxy) is 2. The van der Waals surface area contributed by atoms with E-state index in [2.05, 4.69) is 0 Å². The van der Waals surface area contributed by atoms with E-state index in [-0.39, 0.29) is 37.0 Å². The molecule has 0 bridgehead atoms. The molecule has 94 valence electrons. The fourth-order valence-electron chi connectivity index (χ4n) is 0.902. The second-order valence-electron chi connectivity index (χ2n) is 3.95. The van der Waals surface area contributed by atoms with Crippen molar-refractivity contribution in [1.82, 2.24) is 0 Å². The Labute approximate surface area is 97.3 Å². The molecule has 0 heterocycles. The normalized spacial score (nSPS) is 14.0. The average Bonchev–Trinajstić information content (AvgIpc) is 2.31. The van der Waals surface area contributed by atoms with Gasteiger partial charge < -0.3 is 9.47 Å². The summed E-state index contributed by atoms with van der Waals surface area (Å²) in [4.78, 5) is 22.5. The van der Waals surface area contributed by atoms with Crippen LogP contribution >= 0.6 is 0 Å². The minimum Gasteiger partial charge on any atom is -0.462 e. The number of carbonyl (C=O) groups excluding carboxylic acids is 2. The molecule has 0 aliphatic carbocycles. The SMILES string of the molecule is CCC(C)C(=O)OCCOC(=O)C(C)CC. The third-order valence-electron chi connectivity index (χ3n) is 2.60. The van der Waals surface area contributed by atoms with Crippen LogP contribution in [-0.2, 0) is 19.1 Å². The first-order valence-electron chi connectivity index (χ1n) is 5.86. The molecule has 0 N–H and O–H groups in total. The van der Waals surface area contributed by atoms with E-state index in [1.165, 1.54) is 0 Å². The quantitative estimate of drug-likeness (QED) is 0.497. The number of esters is 2. The molecule has 0 radical (unpaired) electrons. The van der Waals surface area contributed by atoms with Crippen LogP contribution in [0.1, 0.15) is 40.5 Å². The van der Waals surface area contributed by atoms with Crippen LogP contribution in [0.15, 0.2) is 0 Å². The standard InChI is InChI=1S/C12H22O4/c1-5-9(3)11(13)15-7-8-16-12(14)10(4)6-2/h9-10H,5-8H2,1-4H3. The van der Waals surface area contributed by atoms with E-state index in [0.29, 0.717) is 0 Å². The van der Waals surface area contributed by atoms with Gasteiger partial charge in [-0.3, -0.25) is 9.59 Å². The van der Waals surface area contributed by atoms with Gasteiger partial charge >= 0.3 is 11.9 Å². The molecule has 2 atom stereocenters. The third-order valence-corrected chi connectivity index (χ3v) is 2.60. The van der Waals surface area contributed by atoms with Gasteiger partial charge in [0.25, 0.3) is 0 Å². The lowest BCUT2D eigenvalue weighted by atomic mass is 10.1. The Kier molecular flexibility index (Phi) is 7.60. The number of rotatable bonds is 7. The van der Waals surface area contributed by atoms with Gasteiger partial charge in [-0.25, -0.2) is 0 Å². The highest BCUT2D eigenvalue weighted by atomic mass is 16.6. The van der Waals surface area contributed by atoms with Crippen molar-refractivity contribution in [3.8, 4) is 0 Å². The van der Waals surface area contributed by atoms with Crippen LogP contribution in [-0.4, -0.2) is 25.2 Å². The maximum atomic E-state index is 11.2. The van der Waals surface area contributed by atoms with Crippen molar-refractivity contribution in [1.29, 1.82) is 0 Å². The van der Waals surface area contributed by atoms with E-state index in [9.17, 15) is 9.59 Å². The predicted molar refractivity (Wildman–Crippen MR) is 60.8 cm³/mol. The van der Waals surface area contributed by atoms with Crippen LogP contribution in [0.4, 0.5) is 0 Å². The summed E-state index contributed by atoms with van der Waals surface area (Å²) < 4.78 is 9.88. The van der Waals surface area contributed by atoms with Gasteiger partial charge in [0.05, 0.1) is 11.8 Å². The van der Waals surface area contributed by atoms with Crippen molar-refractivity contribution >= 4 is 11.9 Å². The summed E-state index contributed by atoms with van der Waals surface area (Å²) in [6, 6.07) is 0. The van der Waals surface area contributed by atoms with E-state index in [1.807, 2.05) is 27.7 Å². The second-order valence-corrected chi connectivity index (χ2v) is 3.95. The Morgan fingerprint density at radius 2 is 1.19 bits per heavy atom. The Morgan fingerprint density at radius 1 is 0.875 bits per heavy atom. The summed E-state index contributed by atoms with van der Waals surface area (Å²) in [5.74, 6) is -0.653. The summed E-state index contributed by atoms with van der Waals surface area (Å²) in [5.41, 5.74) is 0. The first-order valence-corrected chi connectivity index (χ1v) is 5.86. The van der Waals surface area contributed by atoms with Gasteiger partial charge in [-0.15, -0.1) is 0 Å². The predicted octanol–water partition coefficient (Wildman–Crippen LogP) is 2.17. The Morgan fingerprint density at radius 3 is 1.44 bits per heavy atom. The molecule has 0 saturated carbocycles. The molecule has 0 aromatic heterocycles. The zero-order chi connectivity index (χ0) is 12.6. The molecule has 4 heteroatoms. The smallest absolute Gasteiger partial charge is 0.308 e. The maximum Gasteiger partial charge on any atom is 0.308 e. The summed E-state index contributed by atoms with van der Waals surface area (Å²) in [5, 5.41) is 0. The summed E-state index contributed by atoms with van der Waals surface area (Å²) in [6.07, 6.45) is 1.51. The molecule has 0 spiro atoms. The molecule has 0 aromatic rings. The highest BCUT2D eigenvalue weighted by Gasteiger charge is 2.13. The molecule has 0 aliphatic rings. The molecular formula is C12H22O4. The Bertz CT molecular complexity index is 201. The van der Waals surface area contributed by atoms with Crippen LogP contribution in [0, 0.1) is 11.8 Å². The molecule has 0 aromatic carbocycles. The molecule has 2 unspecified atom stereocenters. The summed E-state index contributed by atoms with van der Waals surface area (Å²) in [6.45, 7) is 7.77. The van der Waals surface area contributed by atoms with E-state index in [4.69, 9.17) is 9.47 Å². The second kappa shape index (κ2) is 8.13. The Balaban J connectivity index is 3.61. The lowest BCUT2D eigenvalue weighted by molar-refractivity contribution is -0.156. The third kappa shape index (κ3) is 5.73. The largest absolute Gasteiger partial charge is 0.462 e. The zero-order valence-corrected chi connectivity index (χ0v) is 10.6. The average molecular weight is 230 g/mol. The molecule has 0 fully saturated rings. The van der Waals surface area contributed by atoms with Crippen LogP contribution in [0.3, 0.4) is 0 Å². The van der Waals surface area contributed by atoms with E-state index in [1.54, 1.807) is 0 Å². The Hall–Kier alpha value is -1.06. The topological polar surface area (TPSA) is 52.6 Å². The van der Waals surface area contributed by atoms with Crippen LogP contribution < -0.4 is 0 Å². The van der Waals surface area contributed by atoms with Crippen LogP contribution in [0.5, 0.6) is 0 Å². The van der Waals surface area contributed by atoms with Gasteiger partial charge in [0, 0.05) is 0 Å². The van der Waals surface area contributed by atoms with Gasteiger partial charge in [0.1, 0.15) is 13.2 Å². The van der Waals surface area contributed by atoms with Gasteiger partial charge in [-0.1, -0.05) is 27.7 Å². The lowest BCUT2D eigenvalue weighted by Gasteiger charge is -2.11. The first-order chi connectivity index (χ1) is 7.52. The van der Waals surface area contributed by atoms with Gasteiger partial charge in [-0.2, -0.15) is 0 Å². The molecule has 16 heavy (non-hydrogen) atoms. The van der Waals surface area contributed by atoms with Gasteiger partial charge in [-0.05, 0) is 12.8 Å². The molecule has 0 rings (SSSR count). The molecule has 0 aliphatic heterocycles. The molecular weight excluding hydrogens is 208 g/mol. The summed E-state index contributed by atoms with van der Waals surface area (Å²) in [7, 11) is 0. The van der Waals surface area contributed by atoms with Crippen LogP contribution in [0.2, 0.25) is 0 Å². The van der Waals surface area contributed by atoms with Crippen molar-refractivity contribution < 1.29 is 19.1 Å². The highest BCUT2D eigenvalue weighted by Crippen LogP contribution is 2.04. The van der Waals surface area contributed by atoms with Crippen molar-refractivity contribution in [2.75, 3.05) is 13.2 Å². The highest BCUT2D eigenvalue weighted by molar-refractivity contribution is 5.72. The fourth-order valence-corrected chi connectivity index (χ4v) is 0.902. The van der Waals surface area contributed by atoms with Crippen molar-refractivity contribution in [3.63, 3.8) is 0 Å². The first kappa shape index (κ1) is 14.9. The number of carbonyl (C=O) groups is 2. The van der Waals surface area contributed by atoms with Crippen molar-refractivity contribution in [2.45, 2.75) is 40.5 Å². The van der Waals surface area contributed by atoms with E-state index < -0.39 is 0 Å². The maximum absolute atomic E-state index is 11.2. The fraction of sp³-hybridized carbons (Fsp3) is 0.833. The zero-order valence-electron chi connectivity index (χ0n) is 10.6. The van der Waals surface area contributed by atoms with E-state index >= 15 is 0 Å². The minimum atomic E-state index is -0.234. The minimum absolute atomic E-state index is 0.0923. The number of hydrogen-bond donors (Lipinski definition) is 0. The van der Waals surface area contributed by atoms with Gasteiger partial charge in [0.15, 0.2) is 0 Å². The van der Waals surface area contributed by atoms with Gasteiger partial charge in [0.2, 0.25) is 0 Å². The van der Waals surface area contributed by atoms with Crippen LogP contribution in [0.25, 0.3) is 0 Å². The molecule has 0 amide bonds. The van der Waals surface area contributed by atoms with E-state index in [0.717, 1.165) is 12.8 Å². The van der Waals surface area contributed by atoms with Crippen molar-refractivity contribution in [2.24, 2.45) is 11.8 Å². The monoisotopic (exact) mass is 230 g/mol. The summed E-state index contributed by atoms with van der Waals surface area (Å²) >= 11 is 0. The molecule has 0 saturated heterocycles. The lowest BCUT2D eigenvalue weighted by Crippen LogP contribution is -2.20. The van der Waals surface area contributed by atoms with Crippen molar-refractivity contribution in [3.05, 3.63) is 0 Å².